The number of rotatable bonds is 9. The molecule has 0 saturated heterocycles. The molecule has 1 fully saturated rings. The van der Waals surface area contributed by atoms with Crippen LogP contribution in [0.5, 0.6) is 0 Å². The Morgan fingerprint density at radius 3 is 2.54 bits per heavy atom. The maximum absolute atomic E-state index is 12.8. The lowest BCUT2D eigenvalue weighted by molar-refractivity contribution is -0.126. The summed E-state index contributed by atoms with van der Waals surface area (Å²) in [6.45, 7) is 4.70. The molecule has 1 aromatic heterocycles. The highest BCUT2D eigenvalue weighted by Crippen LogP contribution is 2.24. The number of hydrogen-bond donors (Lipinski definition) is 1. The molecule has 26 heavy (non-hydrogen) atoms. The molecule has 1 heterocycles. The molecule has 0 spiro atoms. The van der Waals surface area contributed by atoms with Gasteiger partial charge in [-0.3, -0.25) is 9.59 Å². The molecule has 7 nitrogen and oxygen atoms in total. The molecular formula is C18H30N4O3S. The lowest BCUT2D eigenvalue weighted by Gasteiger charge is -2.25. The number of Topliss-reactive ketones (excluding diaryl/α,β-unsaturated/α-hetero) is 1. The first kappa shape index (κ1) is 20.9. The summed E-state index contributed by atoms with van der Waals surface area (Å²) in [5.74, 6) is 0.395. The third-order valence-corrected chi connectivity index (χ3v) is 5.40. The SMILES string of the molecule is CC(C)[C@H](NC(=O)C1CCCCC1)C(=O)c1nnc(SCCN(C)C)o1. The number of ketones is 1. The summed E-state index contributed by atoms with van der Waals surface area (Å²) in [7, 11) is 3.98. The fraction of sp³-hybridized carbons (Fsp3) is 0.778. The lowest BCUT2D eigenvalue weighted by Crippen LogP contribution is -2.47. The molecule has 1 aliphatic rings. The largest absolute Gasteiger partial charge is 0.408 e. The van der Waals surface area contributed by atoms with Gasteiger partial charge < -0.3 is 14.6 Å². The third kappa shape index (κ3) is 6.09. The number of amides is 1. The highest BCUT2D eigenvalue weighted by atomic mass is 32.2. The van der Waals surface area contributed by atoms with Crippen LogP contribution in [0.3, 0.4) is 0 Å². The van der Waals surface area contributed by atoms with E-state index in [-0.39, 0.29) is 29.4 Å². The minimum absolute atomic E-state index is 0.0117. The van der Waals surface area contributed by atoms with E-state index in [2.05, 4.69) is 20.4 Å². The van der Waals surface area contributed by atoms with Crippen molar-refractivity contribution in [3.63, 3.8) is 0 Å². The molecule has 1 aromatic rings. The zero-order chi connectivity index (χ0) is 19.1. The topological polar surface area (TPSA) is 88.3 Å². The average Bonchev–Trinajstić information content (AvgIpc) is 3.08. The number of carbonyl (C=O) groups is 2. The summed E-state index contributed by atoms with van der Waals surface area (Å²) < 4.78 is 5.51. The van der Waals surface area contributed by atoms with Crippen molar-refractivity contribution in [3.05, 3.63) is 5.89 Å². The number of hydrogen-bond acceptors (Lipinski definition) is 7. The third-order valence-electron chi connectivity index (χ3n) is 4.60. The van der Waals surface area contributed by atoms with E-state index in [4.69, 9.17) is 4.42 Å². The van der Waals surface area contributed by atoms with E-state index >= 15 is 0 Å². The molecule has 0 aromatic carbocycles. The highest BCUT2D eigenvalue weighted by Gasteiger charge is 2.32. The summed E-state index contributed by atoms with van der Waals surface area (Å²) in [6.07, 6.45) is 5.15. The van der Waals surface area contributed by atoms with Crippen molar-refractivity contribution in [2.45, 2.75) is 57.2 Å². The Bertz CT molecular complexity index is 597. The molecule has 1 N–H and O–H groups in total. The summed E-state index contributed by atoms with van der Waals surface area (Å²) in [5.41, 5.74) is 0. The molecule has 2 rings (SSSR count). The van der Waals surface area contributed by atoms with Gasteiger partial charge in [0.05, 0.1) is 6.04 Å². The second-order valence-corrected chi connectivity index (χ2v) is 8.50. The molecule has 1 saturated carbocycles. The van der Waals surface area contributed by atoms with Crippen molar-refractivity contribution in [1.82, 2.24) is 20.4 Å². The van der Waals surface area contributed by atoms with Gasteiger partial charge in [-0.05, 0) is 32.9 Å². The van der Waals surface area contributed by atoms with Gasteiger partial charge in [0.1, 0.15) is 0 Å². The van der Waals surface area contributed by atoms with Crippen LogP contribution in [0.15, 0.2) is 9.64 Å². The summed E-state index contributed by atoms with van der Waals surface area (Å²) in [5, 5.41) is 11.1. The average molecular weight is 383 g/mol. The molecule has 0 radical (unpaired) electrons. The zero-order valence-electron chi connectivity index (χ0n) is 16.2. The molecule has 1 aliphatic carbocycles. The van der Waals surface area contributed by atoms with Gasteiger partial charge in [0.15, 0.2) is 0 Å². The fourth-order valence-electron chi connectivity index (χ4n) is 2.99. The normalized spacial score (nSPS) is 16.8. The van der Waals surface area contributed by atoms with Gasteiger partial charge >= 0.3 is 0 Å². The lowest BCUT2D eigenvalue weighted by atomic mass is 9.88. The molecule has 1 amide bonds. The molecule has 0 bridgehead atoms. The summed E-state index contributed by atoms with van der Waals surface area (Å²) in [4.78, 5) is 27.4. The summed E-state index contributed by atoms with van der Waals surface area (Å²) >= 11 is 1.42. The van der Waals surface area contributed by atoms with E-state index in [1.54, 1.807) is 0 Å². The van der Waals surface area contributed by atoms with Crippen LogP contribution in [-0.4, -0.2) is 59.2 Å². The van der Waals surface area contributed by atoms with Crippen molar-refractivity contribution in [3.8, 4) is 0 Å². The van der Waals surface area contributed by atoms with Crippen molar-refractivity contribution >= 4 is 23.5 Å². The Balaban J connectivity index is 1.97. The quantitative estimate of drug-likeness (QED) is 0.519. The second-order valence-electron chi connectivity index (χ2n) is 7.45. The van der Waals surface area contributed by atoms with Crippen LogP contribution in [0, 0.1) is 11.8 Å². The Morgan fingerprint density at radius 2 is 1.92 bits per heavy atom. The minimum Gasteiger partial charge on any atom is -0.408 e. The Hall–Kier alpha value is -1.41. The van der Waals surface area contributed by atoms with Crippen LogP contribution in [0.1, 0.15) is 56.6 Å². The van der Waals surface area contributed by atoms with E-state index in [9.17, 15) is 9.59 Å². The van der Waals surface area contributed by atoms with Gasteiger partial charge in [0, 0.05) is 18.2 Å². The smallest absolute Gasteiger partial charge is 0.286 e. The van der Waals surface area contributed by atoms with Crippen molar-refractivity contribution in [1.29, 1.82) is 0 Å². The van der Waals surface area contributed by atoms with E-state index in [1.165, 1.54) is 18.2 Å². The van der Waals surface area contributed by atoms with Crippen molar-refractivity contribution < 1.29 is 14.0 Å². The maximum Gasteiger partial charge on any atom is 0.286 e. The Kier molecular flexibility index (Phi) is 8.09. The number of carbonyl (C=O) groups excluding carboxylic acids is 2. The standard InChI is InChI=1S/C18H30N4O3S/c1-12(2)14(19-16(24)13-8-6-5-7-9-13)15(23)17-20-21-18(25-17)26-11-10-22(3)4/h12-14H,5-11H2,1-4H3,(H,19,24)/t14-/m0/s1. The predicted molar refractivity (Wildman–Crippen MR) is 101 cm³/mol. The Morgan fingerprint density at radius 1 is 1.23 bits per heavy atom. The van der Waals surface area contributed by atoms with Gasteiger partial charge in [0.2, 0.25) is 11.7 Å². The zero-order valence-corrected chi connectivity index (χ0v) is 17.0. The Labute approximate surface area is 159 Å². The molecule has 146 valence electrons. The van der Waals surface area contributed by atoms with E-state index in [1.807, 2.05) is 27.9 Å². The van der Waals surface area contributed by atoms with E-state index in [0.717, 1.165) is 38.0 Å². The van der Waals surface area contributed by atoms with Gasteiger partial charge in [-0.1, -0.05) is 44.9 Å². The van der Waals surface area contributed by atoms with Crippen LogP contribution in [0.4, 0.5) is 0 Å². The van der Waals surface area contributed by atoms with Crippen LogP contribution in [0.2, 0.25) is 0 Å². The predicted octanol–water partition coefficient (Wildman–Crippen LogP) is 2.63. The van der Waals surface area contributed by atoms with Crippen LogP contribution >= 0.6 is 11.8 Å². The van der Waals surface area contributed by atoms with Crippen LogP contribution in [-0.2, 0) is 4.79 Å². The molecule has 0 aliphatic heterocycles. The van der Waals surface area contributed by atoms with Gasteiger partial charge in [-0.15, -0.1) is 10.2 Å². The van der Waals surface area contributed by atoms with E-state index < -0.39 is 6.04 Å². The first-order valence-corrected chi connectivity index (χ1v) is 10.3. The van der Waals surface area contributed by atoms with Crippen molar-refractivity contribution in [2.24, 2.45) is 11.8 Å². The maximum atomic E-state index is 12.8. The molecule has 1 atom stereocenters. The van der Waals surface area contributed by atoms with Gasteiger partial charge in [-0.2, -0.15) is 0 Å². The number of aromatic nitrogens is 2. The van der Waals surface area contributed by atoms with Crippen LogP contribution < -0.4 is 5.32 Å². The first-order chi connectivity index (χ1) is 12.4. The number of nitrogens with zero attached hydrogens (tertiary/aromatic N) is 3. The van der Waals surface area contributed by atoms with E-state index in [0.29, 0.717) is 5.22 Å². The molecule has 8 heteroatoms. The van der Waals surface area contributed by atoms with Crippen molar-refractivity contribution in [2.75, 3.05) is 26.4 Å². The van der Waals surface area contributed by atoms with Gasteiger partial charge in [0.25, 0.3) is 11.1 Å². The number of thioether (sulfide) groups is 1. The highest BCUT2D eigenvalue weighted by molar-refractivity contribution is 7.99. The second kappa shape index (κ2) is 10.1. The minimum atomic E-state index is -0.635. The van der Waals surface area contributed by atoms with Crippen LogP contribution in [0.25, 0.3) is 0 Å². The molecule has 0 unspecified atom stereocenters. The summed E-state index contributed by atoms with van der Waals surface area (Å²) in [6, 6.07) is -0.635. The van der Waals surface area contributed by atoms with Gasteiger partial charge in [-0.25, -0.2) is 0 Å². The number of nitrogens with one attached hydrogen (secondary N) is 1. The monoisotopic (exact) mass is 382 g/mol. The fourth-order valence-corrected chi connectivity index (χ4v) is 3.85. The first-order valence-electron chi connectivity index (χ1n) is 9.34. The molecular weight excluding hydrogens is 352 g/mol.